The van der Waals surface area contributed by atoms with E-state index in [9.17, 15) is 9.90 Å². The van der Waals surface area contributed by atoms with E-state index in [1.54, 1.807) is 0 Å². The van der Waals surface area contributed by atoms with Crippen molar-refractivity contribution < 1.29 is 9.90 Å². The molecule has 1 fully saturated rings. The number of carbonyl (C=O) groups excluding carboxylic acids is 1. The van der Waals surface area contributed by atoms with Gasteiger partial charge in [0.05, 0.1) is 0 Å². The van der Waals surface area contributed by atoms with Crippen molar-refractivity contribution in [2.75, 3.05) is 0 Å². The van der Waals surface area contributed by atoms with Gasteiger partial charge in [0.2, 0.25) is 0 Å². The van der Waals surface area contributed by atoms with Crippen LogP contribution in [0.3, 0.4) is 0 Å². The zero-order chi connectivity index (χ0) is 16.9. The minimum atomic E-state index is -0.391. The van der Waals surface area contributed by atoms with Crippen LogP contribution in [0.1, 0.15) is 46.0 Å². The van der Waals surface area contributed by atoms with Crippen molar-refractivity contribution in [1.82, 2.24) is 0 Å². The van der Waals surface area contributed by atoms with Gasteiger partial charge in [-0.15, -0.1) is 0 Å². The van der Waals surface area contributed by atoms with Crippen LogP contribution in [0.2, 0.25) is 4.82 Å². The Labute approximate surface area is 146 Å². The SMILES string of the molecule is C=CCCC([Se]c1ccccc1)C(O)CC1CC(C)(C)CC1=O. The van der Waals surface area contributed by atoms with Gasteiger partial charge in [0.25, 0.3) is 0 Å². The molecule has 0 aliphatic heterocycles. The Morgan fingerprint density at radius 3 is 2.65 bits per heavy atom. The molecule has 0 spiro atoms. The zero-order valence-corrected chi connectivity index (χ0v) is 15.9. The summed E-state index contributed by atoms with van der Waals surface area (Å²) in [5, 5.41) is 10.8. The summed E-state index contributed by atoms with van der Waals surface area (Å²) in [6.07, 6.45) is 5.59. The van der Waals surface area contributed by atoms with Crippen molar-refractivity contribution in [2.45, 2.75) is 56.9 Å². The van der Waals surface area contributed by atoms with Gasteiger partial charge in [0.15, 0.2) is 0 Å². The van der Waals surface area contributed by atoms with Crippen LogP contribution in [0.25, 0.3) is 0 Å². The predicted molar refractivity (Wildman–Crippen MR) is 97.1 cm³/mol. The van der Waals surface area contributed by atoms with E-state index in [2.05, 4.69) is 44.7 Å². The molecule has 1 aromatic rings. The van der Waals surface area contributed by atoms with Crippen molar-refractivity contribution in [1.29, 1.82) is 0 Å². The zero-order valence-electron chi connectivity index (χ0n) is 14.2. The van der Waals surface area contributed by atoms with Crippen molar-refractivity contribution in [2.24, 2.45) is 11.3 Å². The van der Waals surface area contributed by atoms with E-state index in [0.717, 1.165) is 19.3 Å². The molecule has 23 heavy (non-hydrogen) atoms. The molecule has 3 unspecified atom stereocenters. The fourth-order valence-corrected chi connectivity index (χ4v) is 5.90. The molecule has 0 saturated heterocycles. The van der Waals surface area contributed by atoms with E-state index in [0.29, 0.717) is 18.6 Å². The molecule has 1 saturated carbocycles. The summed E-state index contributed by atoms with van der Waals surface area (Å²) < 4.78 is 1.31. The second-order valence-electron chi connectivity index (χ2n) is 7.35. The van der Waals surface area contributed by atoms with Gasteiger partial charge in [-0.1, -0.05) is 0 Å². The minimum absolute atomic E-state index is 0.0396. The van der Waals surface area contributed by atoms with Crippen LogP contribution >= 0.6 is 0 Å². The molecule has 0 amide bonds. The van der Waals surface area contributed by atoms with E-state index in [-0.39, 0.29) is 31.1 Å². The van der Waals surface area contributed by atoms with Crippen LogP contribution in [0.15, 0.2) is 43.0 Å². The molecule has 0 bridgehead atoms. The molecule has 1 aliphatic rings. The summed E-state index contributed by atoms with van der Waals surface area (Å²) in [5.41, 5.74) is 0.0999. The molecule has 1 aromatic carbocycles. The number of allylic oxidation sites excluding steroid dienone is 1. The Bertz CT molecular complexity index is 524. The number of hydrogen-bond acceptors (Lipinski definition) is 2. The van der Waals surface area contributed by atoms with Crippen LogP contribution < -0.4 is 4.46 Å². The van der Waals surface area contributed by atoms with Gasteiger partial charge in [-0.2, -0.15) is 0 Å². The van der Waals surface area contributed by atoms with Gasteiger partial charge in [0, 0.05) is 0 Å². The monoisotopic (exact) mass is 380 g/mol. The molecule has 2 nitrogen and oxygen atoms in total. The Balaban J connectivity index is 2.00. The Morgan fingerprint density at radius 2 is 2.09 bits per heavy atom. The van der Waals surface area contributed by atoms with Gasteiger partial charge in [0.1, 0.15) is 0 Å². The first-order chi connectivity index (χ1) is 10.9. The van der Waals surface area contributed by atoms with Crippen LogP contribution in [-0.2, 0) is 4.79 Å². The molecule has 126 valence electrons. The normalized spacial score (nSPS) is 22.7. The number of benzene rings is 1. The van der Waals surface area contributed by atoms with E-state index in [4.69, 9.17) is 0 Å². The fourth-order valence-electron chi connectivity index (χ4n) is 3.41. The van der Waals surface area contributed by atoms with Crippen molar-refractivity contribution >= 4 is 25.2 Å². The van der Waals surface area contributed by atoms with Gasteiger partial charge >= 0.3 is 146 Å². The third-order valence-corrected chi connectivity index (χ3v) is 7.48. The summed E-state index contributed by atoms with van der Waals surface area (Å²) in [6.45, 7) is 8.11. The van der Waals surface area contributed by atoms with Gasteiger partial charge in [-0.05, 0) is 0 Å². The van der Waals surface area contributed by atoms with E-state index < -0.39 is 6.10 Å². The maximum absolute atomic E-state index is 12.2. The first kappa shape index (κ1) is 18.4. The Kier molecular flexibility index (Phi) is 6.64. The maximum atomic E-state index is 12.2. The first-order valence-corrected chi connectivity index (χ1v) is 10.3. The van der Waals surface area contributed by atoms with Gasteiger partial charge < -0.3 is 0 Å². The predicted octanol–water partition coefficient (Wildman–Crippen LogP) is 3.53. The molecule has 0 aromatic heterocycles. The fraction of sp³-hybridized carbons (Fsp3) is 0.550. The number of aliphatic hydroxyl groups excluding tert-OH is 1. The molecule has 2 rings (SSSR count). The number of aliphatic hydroxyl groups is 1. The standard InChI is InChI=1S/C20H28O2Se/c1-4-5-11-19(23-16-9-7-6-8-10-16)17(21)12-15-13-20(2,3)14-18(15)22/h4,6-10,15,17,19,21H,1,5,11-14H2,2-3H3. The van der Waals surface area contributed by atoms with E-state index >= 15 is 0 Å². The molecular weight excluding hydrogens is 351 g/mol. The number of rotatable bonds is 8. The first-order valence-electron chi connectivity index (χ1n) is 8.44. The second kappa shape index (κ2) is 8.28. The van der Waals surface area contributed by atoms with Crippen molar-refractivity contribution in [3.8, 4) is 0 Å². The molecule has 1 aliphatic carbocycles. The van der Waals surface area contributed by atoms with Crippen LogP contribution in [0.5, 0.6) is 0 Å². The number of ketones is 1. The number of Topliss-reactive ketones (excluding diaryl/α,β-unsaturated/α-hetero) is 1. The Morgan fingerprint density at radius 1 is 1.39 bits per heavy atom. The molecule has 3 atom stereocenters. The summed E-state index contributed by atoms with van der Waals surface area (Å²) in [7, 11) is 0. The summed E-state index contributed by atoms with van der Waals surface area (Å²) in [6, 6.07) is 10.4. The average Bonchev–Trinajstić information content (AvgIpc) is 2.76. The molecule has 0 heterocycles. The summed E-state index contributed by atoms with van der Waals surface area (Å²) in [5.74, 6) is 0.376. The van der Waals surface area contributed by atoms with Crippen LogP contribution in [0, 0.1) is 11.3 Å². The summed E-state index contributed by atoms with van der Waals surface area (Å²) in [4.78, 5) is 12.4. The van der Waals surface area contributed by atoms with E-state index in [1.165, 1.54) is 4.46 Å². The second-order valence-corrected chi connectivity index (χ2v) is 10.1. The molecule has 1 N–H and O–H groups in total. The quantitative estimate of drug-likeness (QED) is 0.554. The van der Waals surface area contributed by atoms with Gasteiger partial charge in [-0.25, -0.2) is 0 Å². The number of carbonyl (C=O) groups is 1. The third-order valence-electron chi connectivity index (χ3n) is 4.55. The molecule has 3 heteroatoms. The summed E-state index contributed by atoms with van der Waals surface area (Å²) >= 11 is 0.223. The van der Waals surface area contributed by atoms with Crippen molar-refractivity contribution in [3.05, 3.63) is 43.0 Å². The molecule has 0 radical (unpaired) electrons. The third kappa shape index (κ3) is 5.60. The topological polar surface area (TPSA) is 37.3 Å². The van der Waals surface area contributed by atoms with E-state index in [1.807, 2.05) is 12.1 Å². The Hall–Kier alpha value is -0.891. The van der Waals surface area contributed by atoms with Crippen LogP contribution in [0.4, 0.5) is 0 Å². The van der Waals surface area contributed by atoms with Gasteiger partial charge in [-0.3, -0.25) is 0 Å². The number of hydrogen-bond donors (Lipinski definition) is 1. The van der Waals surface area contributed by atoms with Crippen molar-refractivity contribution in [3.63, 3.8) is 0 Å². The van der Waals surface area contributed by atoms with Crippen LogP contribution in [-0.4, -0.2) is 32.0 Å². The molecular formula is C20H28O2Se. The average molecular weight is 379 g/mol.